The maximum absolute atomic E-state index is 12.0. The molecule has 5 atom stereocenters. The van der Waals surface area contributed by atoms with Crippen molar-refractivity contribution in [1.82, 2.24) is 0 Å². The van der Waals surface area contributed by atoms with E-state index in [1.54, 1.807) is 34.6 Å². The van der Waals surface area contributed by atoms with Crippen LogP contribution in [0.25, 0.3) is 0 Å². The summed E-state index contributed by atoms with van der Waals surface area (Å²) in [6, 6.07) is 0. The second kappa shape index (κ2) is 10.1. The molecular weight excluding hydrogens is 432 g/mol. The first-order valence-corrected chi connectivity index (χ1v) is 13.7. The van der Waals surface area contributed by atoms with E-state index in [4.69, 9.17) is 28.1 Å². The Labute approximate surface area is 194 Å². The summed E-state index contributed by atoms with van der Waals surface area (Å²) in [6.07, 6.45) is -3.03. The summed E-state index contributed by atoms with van der Waals surface area (Å²) in [5, 5.41) is 10.8. The van der Waals surface area contributed by atoms with Crippen LogP contribution in [-0.4, -0.2) is 75.7 Å². The Bertz CT molecular complexity index is 714. The monoisotopic (exact) mass is 474 g/mol. The molecule has 0 aromatic carbocycles. The number of carbonyl (C=O) groups is 1. The molecule has 0 aromatic rings. The van der Waals surface area contributed by atoms with Gasteiger partial charge < -0.3 is 33.2 Å². The molecule has 1 saturated heterocycles. The number of ether oxygens (including phenoxy) is 5. The summed E-state index contributed by atoms with van der Waals surface area (Å²) < 4.78 is 35.0. The maximum Gasteiger partial charge on any atom is 0.384 e. The highest BCUT2D eigenvalue weighted by molar-refractivity contribution is 6.74. The van der Waals surface area contributed by atoms with Crippen molar-refractivity contribution >= 4 is 14.3 Å². The van der Waals surface area contributed by atoms with E-state index in [0.717, 1.165) is 0 Å². The summed E-state index contributed by atoms with van der Waals surface area (Å²) in [5.74, 6) is 1.52. The topological polar surface area (TPSA) is 92.7 Å². The second-order valence-corrected chi connectivity index (χ2v) is 15.6. The third-order valence-electron chi connectivity index (χ3n) is 6.15. The van der Waals surface area contributed by atoms with E-state index in [1.807, 2.05) is 0 Å². The van der Waals surface area contributed by atoms with Gasteiger partial charge in [0.05, 0.1) is 6.61 Å². The predicted octanol–water partition coefficient (Wildman–Crippen LogP) is 3.22. The Morgan fingerprint density at radius 2 is 1.56 bits per heavy atom. The van der Waals surface area contributed by atoms with Crippen molar-refractivity contribution < 1.29 is 38.0 Å². The summed E-state index contributed by atoms with van der Waals surface area (Å²) in [6.45, 7) is 19.4. The number of methoxy groups -OCH3 is 2. The van der Waals surface area contributed by atoms with Gasteiger partial charge in [-0.1, -0.05) is 26.7 Å². The fraction of sp³-hybridized carbons (Fsp3) is 0.870. The van der Waals surface area contributed by atoms with Crippen LogP contribution in [0.15, 0.2) is 0 Å². The summed E-state index contributed by atoms with van der Waals surface area (Å²) in [7, 11) is 0.836. The van der Waals surface area contributed by atoms with Gasteiger partial charge in [-0.2, -0.15) is 0 Å². The van der Waals surface area contributed by atoms with Gasteiger partial charge in [0.1, 0.15) is 23.9 Å². The molecular formula is C23H42O8Si. The molecule has 1 fully saturated rings. The molecule has 0 saturated carbocycles. The van der Waals surface area contributed by atoms with Crippen molar-refractivity contribution in [3.05, 3.63) is 0 Å². The quantitative estimate of drug-likeness (QED) is 0.271. The van der Waals surface area contributed by atoms with E-state index >= 15 is 0 Å². The van der Waals surface area contributed by atoms with Crippen molar-refractivity contribution in [3.63, 3.8) is 0 Å². The molecule has 186 valence electrons. The normalized spacial score (nSPS) is 30.3. The fourth-order valence-electron chi connectivity index (χ4n) is 2.79. The van der Waals surface area contributed by atoms with Gasteiger partial charge in [0.15, 0.2) is 8.32 Å². The predicted molar refractivity (Wildman–Crippen MR) is 123 cm³/mol. The highest BCUT2D eigenvalue weighted by Gasteiger charge is 2.58. The minimum Gasteiger partial charge on any atom is -0.450 e. The zero-order chi connectivity index (χ0) is 25.2. The highest BCUT2D eigenvalue weighted by Crippen LogP contribution is 2.41. The van der Waals surface area contributed by atoms with Crippen molar-refractivity contribution in [2.75, 3.05) is 20.8 Å². The van der Waals surface area contributed by atoms with Crippen molar-refractivity contribution in [3.8, 4) is 11.8 Å². The van der Waals surface area contributed by atoms with Crippen LogP contribution < -0.4 is 0 Å². The number of aliphatic hydroxyl groups is 1. The molecule has 0 spiro atoms. The fourth-order valence-corrected chi connectivity index (χ4v) is 3.81. The molecule has 8 nitrogen and oxygen atoms in total. The number of esters is 1. The number of hydrogen-bond donors (Lipinski definition) is 1. The van der Waals surface area contributed by atoms with E-state index in [9.17, 15) is 9.90 Å². The third-order valence-corrected chi connectivity index (χ3v) is 10.7. The standard InChI is InChI=1S/C23H42O8Si/c1-20(2,3)30-18(25)14-13-16(24)19-17(15-28-32(11,12)21(4,5)6)29-22(7,26-9)23(8,27-10)31-19/h16-17,19,24H,15H2,1-12H3/t16-,17-,19+,22+,23+/m0/s1. The number of carbonyl (C=O) groups excluding carboxylic acids is 1. The average molecular weight is 475 g/mol. The molecule has 32 heavy (non-hydrogen) atoms. The number of aliphatic hydroxyl groups excluding tert-OH is 1. The molecule has 1 heterocycles. The average Bonchev–Trinajstić information content (AvgIpc) is 2.64. The minimum atomic E-state index is -2.12. The molecule has 9 heteroatoms. The Balaban J connectivity index is 3.20. The first-order chi connectivity index (χ1) is 14.3. The zero-order valence-electron chi connectivity index (χ0n) is 21.7. The van der Waals surface area contributed by atoms with Crippen LogP contribution in [0.1, 0.15) is 55.4 Å². The summed E-state index contributed by atoms with van der Waals surface area (Å²) >= 11 is 0. The van der Waals surface area contributed by atoms with Gasteiger partial charge in [-0.15, -0.1) is 0 Å². The maximum atomic E-state index is 12.0. The molecule has 0 aromatic heterocycles. The first-order valence-electron chi connectivity index (χ1n) is 10.8. The zero-order valence-corrected chi connectivity index (χ0v) is 22.7. The lowest BCUT2D eigenvalue weighted by Gasteiger charge is -2.52. The molecule has 0 aliphatic carbocycles. The lowest BCUT2D eigenvalue weighted by Crippen LogP contribution is -2.68. The van der Waals surface area contributed by atoms with Gasteiger partial charge in [0, 0.05) is 20.1 Å². The van der Waals surface area contributed by atoms with Crippen molar-refractivity contribution in [2.45, 2.75) is 109 Å². The van der Waals surface area contributed by atoms with E-state index in [2.05, 4.69) is 45.7 Å². The van der Waals surface area contributed by atoms with Crippen LogP contribution in [0.5, 0.6) is 0 Å². The minimum absolute atomic E-state index is 0.0151. The van der Waals surface area contributed by atoms with Gasteiger partial charge in [-0.25, -0.2) is 4.79 Å². The molecule has 1 aliphatic rings. The summed E-state index contributed by atoms with van der Waals surface area (Å²) in [5.41, 5.74) is -0.685. The lowest BCUT2D eigenvalue weighted by atomic mass is 10.0. The molecule has 0 unspecified atom stereocenters. The van der Waals surface area contributed by atoms with E-state index in [1.165, 1.54) is 14.2 Å². The Kier molecular flexibility index (Phi) is 9.16. The smallest absolute Gasteiger partial charge is 0.384 e. The lowest BCUT2D eigenvalue weighted by molar-refractivity contribution is -0.453. The SMILES string of the molecule is CO[C@]1(C)O[C@H]([C@@H](O)C#CC(=O)OC(C)(C)C)[C@H](CO[Si](C)(C)C(C)(C)C)O[C@@]1(C)OC. The molecule has 0 radical (unpaired) electrons. The number of rotatable bonds is 6. The van der Waals surface area contributed by atoms with Gasteiger partial charge in [-0.3, -0.25) is 0 Å². The van der Waals surface area contributed by atoms with E-state index in [0.29, 0.717) is 0 Å². The van der Waals surface area contributed by atoms with Gasteiger partial charge in [0.2, 0.25) is 11.6 Å². The number of hydrogen-bond acceptors (Lipinski definition) is 8. The van der Waals surface area contributed by atoms with Crippen LogP contribution in [0.2, 0.25) is 18.1 Å². The van der Waals surface area contributed by atoms with Crippen LogP contribution in [0, 0.1) is 11.8 Å². The second-order valence-electron chi connectivity index (χ2n) is 10.8. The van der Waals surface area contributed by atoms with Gasteiger partial charge >= 0.3 is 5.97 Å². The third kappa shape index (κ3) is 7.00. The Morgan fingerprint density at radius 1 is 1.06 bits per heavy atom. The molecule has 0 amide bonds. The van der Waals surface area contributed by atoms with Crippen molar-refractivity contribution in [1.29, 1.82) is 0 Å². The first kappa shape index (κ1) is 29.0. The van der Waals surface area contributed by atoms with Crippen LogP contribution >= 0.6 is 0 Å². The van der Waals surface area contributed by atoms with E-state index < -0.39 is 49.8 Å². The van der Waals surface area contributed by atoms with E-state index in [-0.39, 0.29) is 11.6 Å². The molecule has 1 aliphatic heterocycles. The Hall–Kier alpha value is -0.993. The largest absolute Gasteiger partial charge is 0.450 e. The highest BCUT2D eigenvalue weighted by atomic mass is 28.4. The summed E-state index contributed by atoms with van der Waals surface area (Å²) in [4.78, 5) is 12.0. The molecule has 1 N–H and O–H groups in total. The van der Waals surface area contributed by atoms with Crippen LogP contribution in [-0.2, 0) is 32.9 Å². The van der Waals surface area contributed by atoms with Gasteiger partial charge in [-0.05, 0) is 52.8 Å². The van der Waals surface area contributed by atoms with Crippen molar-refractivity contribution in [2.24, 2.45) is 0 Å². The molecule has 1 rings (SSSR count). The van der Waals surface area contributed by atoms with Gasteiger partial charge in [0.25, 0.3) is 0 Å². The molecule has 0 bridgehead atoms. The van der Waals surface area contributed by atoms with Crippen LogP contribution in [0.4, 0.5) is 0 Å². The van der Waals surface area contributed by atoms with Crippen LogP contribution in [0.3, 0.4) is 0 Å². The Morgan fingerprint density at radius 3 is 2.00 bits per heavy atom.